The maximum Gasteiger partial charge on any atom is 0.0897 e. The number of hydrogen-bond donors (Lipinski definition) is 2. The van der Waals surface area contributed by atoms with Gasteiger partial charge in [0.15, 0.2) is 0 Å². The van der Waals surface area contributed by atoms with E-state index in [-0.39, 0.29) is 0 Å². The molecule has 1 rings (SSSR count). The van der Waals surface area contributed by atoms with Gasteiger partial charge >= 0.3 is 0 Å². The summed E-state index contributed by atoms with van der Waals surface area (Å²) in [7, 11) is 1.69. The predicted molar refractivity (Wildman–Crippen MR) is 73.9 cm³/mol. The van der Waals surface area contributed by atoms with Crippen LogP contribution < -0.4 is 5.32 Å². The number of aliphatic hydroxyl groups is 1. The Bertz CT molecular complexity index is 292. The summed E-state index contributed by atoms with van der Waals surface area (Å²) < 4.78 is 10.5. The van der Waals surface area contributed by atoms with Crippen molar-refractivity contribution < 1.29 is 14.6 Å². The summed E-state index contributed by atoms with van der Waals surface area (Å²) in [5.74, 6) is 0. The molecule has 104 valence electrons. The van der Waals surface area contributed by atoms with Crippen LogP contribution in [0, 0.1) is 0 Å². The van der Waals surface area contributed by atoms with Gasteiger partial charge < -0.3 is 19.9 Å². The van der Waals surface area contributed by atoms with Gasteiger partial charge in [-0.1, -0.05) is 13.0 Å². The number of methoxy groups -OCH3 is 1. The van der Waals surface area contributed by atoms with Gasteiger partial charge in [-0.15, -0.1) is 11.3 Å². The fourth-order valence-corrected chi connectivity index (χ4v) is 2.21. The van der Waals surface area contributed by atoms with Crippen LogP contribution in [0.25, 0.3) is 0 Å². The van der Waals surface area contributed by atoms with E-state index in [4.69, 9.17) is 9.47 Å². The molecule has 0 spiro atoms. The van der Waals surface area contributed by atoms with Gasteiger partial charge in [0.25, 0.3) is 0 Å². The summed E-state index contributed by atoms with van der Waals surface area (Å²) >= 11 is 1.66. The van der Waals surface area contributed by atoms with Crippen LogP contribution in [0.3, 0.4) is 0 Å². The van der Waals surface area contributed by atoms with Crippen molar-refractivity contribution in [3.8, 4) is 0 Å². The molecule has 0 aliphatic carbocycles. The van der Waals surface area contributed by atoms with Crippen molar-refractivity contribution in [3.05, 3.63) is 22.4 Å². The molecule has 5 heteroatoms. The van der Waals surface area contributed by atoms with Gasteiger partial charge in [0.1, 0.15) is 0 Å². The maximum absolute atomic E-state index is 9.77. The lowest BCUT2D eigenvalue weighted by molar-refractivity contribution is 0.0268. The van der Waals surface area contributed by atoms with E-state index in [1.165, 1.54) is 4.88 Å². The second-order valence-corrected chi connectivity index (χ2v) is 5.25. The number of rotatable bonds is 10. The van der Waals surface area contributed by atoms with E-state index in [1.807, 2.05) is 17.5 Å². The lowest BCUT2D eigenvalue weighted by atomic mass is 10.2. The molecule has 18 heavy (non-hydrogen) atoms. The van der Waals surface area contributed by atoms with Crippen LogP contribution in [0.15, 0.2) is 17.5 Å². The van der Waals surface area contributed by atoms with Crippen molar-refractivity contribution in [2.24, 2.45) is 0 Å². The zero-order valence-electron chi connectivity index (χ0n) is 11.1. The van der Waals surface area contributed by atoms with Crippen LogP contribution in [-0.4, -0.2) is 44.1 Å². The zero-order chi connectivity index (χ0) is 13.2. The molecule has 2 N–H and O–H groups in total. The maximum atomic E-state index is 9.77. The van der Waals surface area contributed by atoms with E-state index in [0.717, 1.165) is 6.42 Å². The Morgan fingerprint density at radius 3 is 2.89 bits per heavy atom. The van der Waals surface area contributed by atoms with Crippen LogP contribution in [0.4, 0.5) is 0 Å². The molecule has 0 radical (unpaired) electrons. The van der Waals surface area contributed by atoms with Crippen LogP contribution in [0.1, 0.15) is 18.2 Å². The topological polar surface area (TPSA) is 50.7 Å². The largest absolute Gasteiger partial charge is 0.389 e. The molecule has 0 amide bonds. The zero-order valence-corrected chi connectivity index (χ0v) is 11.9. The molecular weight excluding hydrogens is 250 g/mol. The molecule has 0 saturated heterocycles. The number of ether oxygens (including phenoxy) is 2. The lowest BCUT2D eigenvalue weighted by Crippen LogP contribution is -2.39. The van der Waals surface area contributed by atoms with E-state index >= 15 is 0 Å². The molecule has 0 saturated carbocycles. The Morgan fingerprint density at radius 2 is 2.28 bits per heavy atom. The summed E-state index contributed by atoms with van der Waals surface area (Å²) in [6, 6.07) is 4.32. The minimum absolute atomic E-state index is 0.293. The second kappa shape index (κ2) is 9.47. The number of aliphatic hydroxyl groups excluding tert-OH is 1. The Morgan fingerprint density at radius 1 is 1.44 bits per heavy atom. The van der Waals surface area contributed by atoms with Gasteiger partial charge in [-0.05, 0) is 17.9 Å². The highest BCUT2D eigenvalue weighted by atomic mass is 32.1. The van der Waals surface area contributed by atoms with Crippen molar-refractivity contribution >= 4 is 11.3 Å². The summed E-state index contributed by atoms with van der Waals surface area (Å²) in [5.41, 5.74) is 0. The van der Waals surface area contributed by atoms with E-state index in [1.54, 1.807) is 18.4 Å². The molecule has 1 aromatic rings. The molecule has 0 aromatic carbocycles. The summed E-state index contributed by atoms with van der Waals surface area (Å²) in [6.07, 6.45) is 0.507. The second-order valence-electron chi connectivity index (χ2n) is 4.22. The molecule has 4 nitrogen and oxygen atoms in total. The number of thiophene rings is 1. The Kier molecular flexibility index (Phi) is 8.20. The minimum Gasteiger partial charge on any atom is -0.389 e. The van der Waals surface area contributed by atoms with Gasteiger partial charge in [0.05, 0.1) is 25.9 Å². The van der Waals surface area contributed by atoms with E-state index in [0.29, 0.717) is 32.4 Å². The minimum atomic E-state index is -0.476. The summed E-state index contributed by atoms with van der Waals surface area (Å²) in [6.45, 7) is 4.22. The first-order valence-electron chi connectivity index (χ1n) is 6.26. The Balaban J connectivity index is 2.07. The van der Waals surface area contributed by atoms with Gasteiger partial charge in [0.2, 0.25) is 0 Å². The highest BCUT2D eigenvalue weighted by Gasteiger charge is 2.09. The number of nitrogens with one attached hydrogen (secondary N) is 1. The first-order chi connectivity index (χ1) is 8.76. The average molecular weight is 273 g/mol. The van der Waals surface area contributed by atoms with Crippen LogP contribution in [-0.2, 0) is 16.1 Å². The smallest absolute Gasteiger partial charge is 0.0897 e. The molecule has 0 fully saturated rings. The number of hydrogen-bond acceptors (Lipinski definition) is 5. The van der Waals surface area contributed by atoms with Crippen molar-refractivity contribution in [1.82, 2.24) is 5.32 Å². The van der Waals surface area contributed by atoms with Gasteiger partial charge in [-0.2, -0.15) is 0 Å². The molecule has 2 unspecified atom stereocenters. The molecular formula is C13H23NO3S. The fraction of sp³-hybridized carbons (Fsp3) is 0.692. The normalized spacial score (nSPS) is 14.6. The van der Waals surface area contributed by atoms with Crippen molar-refractivity contribution in [1.29, 1.82) is 0 Å². The predicted octanol–water partition coefficient (Wildman–Crippen LogP) is 1.64. The highest BCUT2D eigenvalue weighted by molar-refractivity contribution is 7.09. The molecule has 2 atom stereocenters. The molecule has 1 heterocycles. The fourth-order valence-electron chi connectivity index (χ4n) is 1.57. The van der Waals surface area contributed by atoms with Crippen LogP contribution in [0.5, 0.6) is 0 Å². The van der Waals surface area contributed by atoms with Gasteiger partial charge in [0, 0.05) is 24.6 Å². The summed E-state index contributed by atoms with van der Waals surface area (Å²) in [4.78, 5) is 1.18. The molecule has 0 aliphatic heterocycles. The van der Waals surface area contributed by atoms with E-state index in [9.17, 15) is 5.11 Å². The highest BCUT2D eigenvalue weighted by Crippen LogP contribution is 2.09. The molecule has 0 bridgehead atoms. The SMILES string of the molecule is CCC(COC)NCC(O)COCc1cccs1. The monoisotopic (exact) mass is 273 g/mol. The molecule has 0 aliphatic rings. The van der Waals surface area contributed by atoms with Gasteiger partial charge in [-0.3, -0.25) is 0 Å². The molecule has 1 aromatic heterocycles. The van der Waals surface area contributed by atoms with E-state index in [2.05, 4.69) is 12.2 Å². The van der Waals surface area contributed by atoms with Crippen molar-refractivity contribution in [2.45, 2.75) is 32.1 Å². The summed E-state index contributed by atoms with van der Waals surface area (Å²) in [5, 5.41) is 15.0. The van der Waals surface area contributed by atoms with Crippen molar-refractivity contribution in [2.75, 3.05) is 26.9 Å². The average Bonchev–Trinajstić information content (AvgIpc) is 2.87. The lowest BCUT2D eigenvalue weighted by Gasteiger charge is -2.18. The first kappa shape index (κ1) is 15.6. The Hall–Kier alpha value is -0.460. The standard InChI is InChI=1S/C13H23NO3S/c1-3-11(8-16-2)14-7-12(15)9-17-10-13-5-4-6-18-13/h4-6,11-12,14-15H,3,7-10H2,1-2H3. The third-order valence-electron chi connectivity index (χ3n) is 2.64. The van der Waals surface area contributed by atoms with E-state index < -0.39 is 6.10 Å². The van der Waals surface area contributed by atoms with Gasteiger partial charge in [-0.25, -0.2) is 0 Å². The Labute approximate surface area is 113 Å². The van der Waals surface area contributed by atoms with Crippen LogP contribution in [0.2, 0.25) is 0 Å². The third-order valence-corrected chi connectivity index (χ3v) is 3.49. The third kappa shape index (κ3) is 6.47. The first-order valence-corrected chi connectivity index (χ1v) is 7.14. The van der Waals surface area contributed by atoms with Crippen molar-refractivity contribution in [3.63, 3.8) is 0 Å². The quantitative estimate of drug-likeness (QED) is 0.680. The van der Waals surface area contributed by atoms with Crippen LogP contribution >= 0.6 is 11.3 Å².